The Morgan fingerprint density at radius 1 is 1.21 bits per heavy atom. The second-order valence-electron chi connectivity index (χ2n) is 5.73. The molecule has 24 heavy (non-hydrogen) atoms. The number of esters is 1. The number of carbonyl (C=O) groups excluding carboxylic acids is 1. The van der Waals surface area contributed by atoms with Crippen LogP contribution in [0, 0.1) is 20.8 Å². The van der Waals surface area contributed by atoms with Gasteiger partial charge in [-0.2, -0.15) is 0 Å². The summed E-state index contributed by atoms with van der Waals surface area (Å²) in [6, 6.07) is 7.02. The fraction of sp³-hybridized carbons (Fsp3) is 0.278. The molecule has 0 spiro atoms. The van der Waals surface area contributed by atoms with Crippen LogP contribution in [0.1, 0.15) is 46.3 Å². The average Bonchev–Trinajstić information content (AvgIpc) is 2.79. The van der Waals surface area contributed by atoms with Gasteiger partial charge in [0, 0.05) is 5.56 Å². The molecule has 2 aromatic heterocycles. The summed E-state index contributed by atoms with van der Waals surface area (Å²) in [6.07, 6.45) is -0.691. The zero-order chi connectivity index (χ0) is 17.4. The van der Waals surface area contributed by atoms with Gasteiger partial charge in [0.05, 0.1) is 10.9 Å². The number of carbonyl (C=O) groups is 1. The molecule has 1 aromatic carbocycles. The lowest BCUT2D eigenvalue weighted by Crippen LogP contribution is -2.18. The molecule has 2 heterocycles. The predicted octanol–water partition coefficient (Wildman–Crippen LogP) is 3.36. The molecule has 0 saturated carbocycles. The lowest BCUT2D eigenvalue weighted by Gasteiger charge is -2.13. The Hall–Kier alpha value is -2.89. The van der Waals surface area contributed by atoms with Gasteiger partial charge in [-0.3, -0.25) is 4.79 Å². The van der Waals surface area contributed by atoms with Crippen LogP contribution >= 0.6 is 0 Å². The number of aryl methyl sites for hydroxylation is 2. The molecule has 0 radical (unpaired) electrons. The average molecular weight is 326 g/mol. The summed E-state index contributed by atoms with van der Waals surface area (Å²) in [4.78, 5) is 31.6. The van der Waals surface area contributed by atoms with Crippen molar-refractivity contribution in [1.82, 2.24) is 9.97 Å². The number of nitrogens with one attached hydrogen (secondary N) is 1. The summed E-state index contributed by atoms with van der Waals surface area (Å²) in [7, 11) is 0. The van der Waals surface area contributed by atoms with E-state index in [0.717, 1.165) is 5.56 Å². The van der Waals surface area contributed by atoms with Crippen molar-refractivity contribution in [3.05, 3.63) is 63.1 Å². The first-order valence-corrected chi connectivity index (χ1v) is 7.65. The highest BCUT2D eigenvalue weighted by Crippen LogP contribution is 2.24. The van der Waals surface area contributed by atoms with Gasteiger partial charge in [-0.1, -0.05) is 12.1 Å². The monoisotopic (exact) mass is 326 g/mol. The molecular formula is C18H18N2O4. The van der Waals surface area contributed by atoms with Crippen LogP contribution < -0.4 is 5.56 Å². The number of benzene rings is 1. The molecule has 1 atom stereocenters. The summed E-state index contributed by atoms with van der Waals surface area (Å²) >= 11 is 0. The number of H-pyrrole nitrogens is 1. The fourth-order valence-corrected chi connectivity index (χ4v) is 2.67. The molecule has 124 valence electrons. The highest BCUT2D eigenvalue weighted by molar-refractivity contribution is 5.92. The molecule has 0 aliphatic carbocycles. The number of nitrogens with zero attached hydrogens (tertiary/aromatic N) is 1. The lowest BCUT2D eigenvalue weighted by molar-refractivity contribution is 0.0317. The minimum absolute atomic E-state index is 0.259. The van der Waals surface area contributed by atoms with E-state index < -0.39 is 12.1 Å². The van der Waals surface area contributed by atoms with Crippen molar-refractivity contribution in [3.63, 3.8) is 0 Å². The summed E-state index contributed by atoms with van der Waals surface area (Å²) in [5.41, 5.74) is 1.47. The smallest absolute Gasteiger partial charge is 0.342 e. The third-order valence-electron chi connectivity index (χ3n) is 4.07. The van der Waals surface area contributed by atoms with E-state index in [9.17, 15) is 9.59 Å². The van der Waals surface area contributed by atoms with E-state index in [1.807, 2.05) is 6.92 Å². The second-order valence-corrected chi connectivity index (χ2v) is 5.73. The molecule has 0 aliphatic rings. The Bertz CT molecular complexity index is 984. The number of ether oxygens (including phenoxy) is 1. The van der Waals surface area contributed by atoms with Crippen LogP contribution in [-0.2, 0) is 4.74 Å². The van der Waals surface area contributed by atoms with Crippen LogP contribution in [0.3, 0.4) is 0 Å². The maximum Gasteiger partial charge on any atom is 0.342 e. The zero-order valence-corrected chi connectivity index (χ0v) is 14.0. The summed E-state index contributed by atoms with van der Waals surface area (Å²) in [5, 5.41) is 0.497. The van der Waals surface area contributed by atoms with E-state index in [4.69, 9.17) is 9.15 Å². The third-order valence-corrected chi connectivity index (χ3v) is 4.07. The van der Waals surface area contributed by atoms with Gasteiger partial charge in [0.15, 0.2) is 11.9 Å². The van der Waals surface area contributed by atoms with Crippen LogP contribution in [0.2, 0.25) is 0 Å². The molecule has 0 aliphatic heterocycles. The predicted molar refractivity (Wildman–Crippen MR) is 89.1 cm³/mol. The SMILES string of the molecule is Cc1oc(C)c(C(=O)O[C@H](C)c2nc3ccccc3c(=O)[nH]2)c1C. The Balaban J connectivity index is 1.91. The van der Waals surface area contributed by atoms with Crippen molar-refractivity contribution in [1.29, 1.82) is 0 Å². The quantitative estimate of drug-likeness (QED) is 0.746. The molecular weight excluding hydrogens is 308 g/mol. The standard InChI is InChI=1S/C18H18N2O4/c1-9-10(2)23-11(3)15(9)18(22)24-12(4)16-19-14-8-6-5-7-13(14)17(21)20-16/h5-8,12H,1-4H3,(H,19,20,21)/t12-/m1/s1. The highest BCUT2D eigenvalue weighted by atomic mass is 16.5. The van der Waals surface area contributed by atoms with Crippen LogP contribution in [0.4, 0.5) is 0 Å². The zero-order valence-electron chi connectivity index (χ0n) is 14.0. The van der Waals surface area contributed by atoms with Crippen LogP contribution in [0.25, 0.3) is 10.9 Å². The van der Waals surface area contributed by atoms with Gasteiger partial charge < -0.3 is 14.1 Å². The number of para-hydroxylation sites is 1. The van der Waals surface area contributed by atoms with E-state index in [-0.39, 0.29) is 5.56 Å². The number of fused-ring (bicyclic) bond motifs is 1. The number of aromatic amines is 1. The summed E-state index contributed by atoms with van der Waals surface area (Å²) < 4.78 is 10.9. The van der Waals surface area contributed by atoms with Crippen molar-refractivity contribution in [2.24, 2.45) is 0 Å². The maximum absolute atomic E-state index is 12.4. The highest BCUT2D eigenvalue weighted by Gasteiger charge is 2.23. The van der Waals surface area contributed by atoms with Gasteiger partial charge >= 0.3 is 5.97 Å². The molecule has 6 nitrogen and oxygen atoms in total. The molecule has 1 N–H and O–H groups in total. The van der Waals surface area contributed by atoms with Crippen LogP contribution in [0.5, 0.6) is 0 Å². The first kappa shape index (κ1) is 16.0. The van der Waals surface area contributed by atoms with Gasteiger partial charge in [0.25, 0.3) is 5.56 Å². The van der Waals surface area contributed by atoms with Gasteiger partial charge in [0.1, 0.15) is 17.1 Å². The first-order chi connectivity index (χ1) is 11.4. The third kappa shape index (κ3) is 2.71. The number of hydrogen-bond acceptors (Lipinski definition) is 5. The molecule has 0 amide bonds. The molecule has 0 fully saturated rings. The van der Waals surface area contributed by atoms with Crippen molar-refractivity contribution in [2.45, 2.75) is 33.8 Å². The minimum Gasteiger partial charge on any atom is -0.465 e. The maximum atomic E-state index is 12.4. The van der Waals surface area contributed by atoms with E-state index in [0.29, 0.717) is 33.8 Å². The normalized spacial score (nSPS) is 12.3. The van der Waals surface area contributed by atoms with Gasteiger partial charge in [-0.05, 0) is 39.8 Å². The van der Waals surface area contributed by atoms with Gasteiger partial charge in [-0.15, -0.1) is 0 Å². The molecule has 6 heteroatoms. The lowest BCUT2D eigenvalue weighted by atomic mass is 10.1. The van der Waals surface area contributed by atoms with Crippen molar-refractivity contribution in [2.75, 3.05) is 0 Å². The number of hydrogen-bond donors (Lipinski definition) is 1. The van der Waals surface area contributed by atoms with E-state index in [1.165, 1.54) is 0 Å². The van der Waals surface area contributed by atoms with Crippen LogP contribution in [-0.4, -0.2) is 15.9 Å². The molecule has 0 unspecified atom stereocenters. The van der Waals surface area contributed by atoms with E-state index >= 15 is 0 Å². The molecule has 0 bridgehead atoms. The number of furan rings is 1. The second kappa shape index (κ2) is 5.96. The van der Waals surface area contributed by atoms with Gasteiger partial charge in [0.2, 0.25) is 0 Å². The van der Waals surface area contributed by atoms with Crippen molar-refractivity contribution < 1.29 is 13.9 Å². The minimum atomic E-state index is -0.691. The van der Waals surface area contributed by atoms with Crippen molar-refractivity contribution >= 4 is 16.9 Å². The molecule has 3 aromatic rings. The molecule has 0 saturated heterocycles. The summed E-state index contributed by atoms with van der Waals surface area (Å²) in [6.45, 7) is 6.99. The Morgan fingerprint density at radius 3 is 2.58 bits per heavy atom. The number of aromatic nitrogens is 2. The Morgan fingerprint density at radius 2 is 1.92 bits per heavy atom. The van der Waals surface area contributed by atoms with E-state index in [2.05, 4.69) is 9.97 Å². The largest absolute Gasteiger partial charge is 0.465 e. The Labute approximate surface area is 138 Å². The fourth-order valence-electron chi connectivity index (χ4n) is 2.67. The topological polar surface area (TPSA) is 85.2 Å². The van der Waals surface area contributed by atoms with E-state index in [1.54, 1.807) is 45.0 Å². The first-order valence-electron chi connectivity index (χ1n) is 7.65. The number of rotatable bonds is 3. The van der Waals surface area contributed by atoms with Gasteiger partial charge in [-0.25, -0.2) is 9.78 Å². The molecule has 3 rings (SSSR count). The Kier molecular flexibility index (Phi) is 3.97. The van der Waals surface area contributed by atoms with Crippen LogP contribution in [0.15, 0.2) is 33.5 Å². The summed E-state index contributed by atoms with van der Waals surface area (Å²) in [5.74, 6) is 1.01. The van der Waals surface area contributed by atoms with Crippen molar-refractivity contribution in [3.8, 4) is 0 Å².